The van der Waals surface area contributed by atoms with Gasteiger partial charge in [-0.3, -0.25) is 11.3 Å². The van der Waals surface area contributed by atoms with Gasteiger partial charge in [-0.1, -0.05) is 44.9 Å². The summed E-state index contributed by atoms with van der Waals surface area (Å²) in [5.74, 6) is 7.57. The molecule has 2 heteroatoms. The van der Waals surface area contributed by atoms with Crippen molar-refractivity contribution in [3.05, 3.63) is 0 Å². The maximum absolute atomic E-state index is 5.72. The molecule has 2 rings (SSSR count). The number of nitrogens with one attached hydrogen (secondary N) is 1. The van der Waals surface area contributed by atoms with E-state index in [0.29, 0.717) is 6.04 Å². The Bertz CT molecular complexity index is 169. The van der Waals surface area contributed by atoms with Crippen LogP contribution in [0.3, 0.4) is 0 Å². The molecule has 0 spiro atoms. The molecule has 0 aromatic carbocycles. The van der Waals surface area contributed by atoms with Crippen molar-refractivity contribution in [1.29, 1.82) is 0 Å². The molecule has 0 aliphatic heterocycles. The van der Waals surface area contributed by atoms with E-state index in [4.69, 9.17) is 5.84 Å². The van der Waals surface area contributed by atoms with Gasteiger partial charge in [0.25, 0.3) is 0 Å². The van der Waals surface area contributed by atoms with E-state index >= 15 is 0 Å². The Balaban J connectivity index is 1.79. The van der Waals surface area contributed by atoms with E-state index in [2.05, 4.69) is 5.43 Å². The summed E-state index contributed by atoms with van der Waals surface area (Å²) < 4.78 is 0. The molecule has 0 saturated heterocycles. The minimum absolute atomic E-state index is 0.607. The van der Waals surface area contributed by atoms with E-state index in [1.54, 1.807) is 0 Å². The van der Waals surface area contributed by atoms with Crippen LogP contribution in [0.5, 0.6) is 0 Å². The van der Waals surface area contributed by atoms with Gasteiger partial charge in [0, 0.05) is 6.04 Å². The Morgan fingerprint density at radius 3 is 2.07 bits per heavy atom. The molecule has 3 N–H and O–H groups in total. The lowest BCUT2D eigenvalue weighted by molar-refractivity contribution is 0.268. The molecule has 2 aliphatic rings. The molecule has 2 nitrogen and oxygen atoms in total. The summed E-state index contributed by atoms with van der Waals surface area (Å²) >= 11 is 0. The number of nitrogens with two attached hydrogens (primary N) is 1. The van der Waals surface area contributed by atoms with E-state index in [1.807, 2.05) is 0 Å². The van der Waals surface area contributed by atoms with E-state index in [0.717, 1.165) is 11.8 Å². The van der Waals surface area contributed by atoms with Gasteiger partial charge in [0.15, 0.2) is 0 Å². The molecule has 2 fully saturated rings. The third kappa shape index (κ3) is 3.76. The Labute approximate surface area is 94.0 Å². The van der Waals surface area contributed by atoms with E-state index in [1.165, 1.54) is 64.2 Å². The van der Waals surface area contributed by atoms with Crippen LogP contribution in [-0.2, 0) is 0 Å². The fraction of sp³-hybridized carbons (Fsp3) is 1.00. The van der Waals surface area contributed by atoms with Crippen molar-refractivity contribution in [2.45, 2.75) is 70.3 Å². The van der Waals surface area contributed by atoms with E-state index in [-0.39, 0.29) is 0 Å². The quantitative estimate of drug-likeness (QED) is 0.553. The first kappa shape index (κ1) is 11.4. The van der Waals surface area contributed by atoms with Crippen LogP contribution < -0.4 is 11.3 Å². The normalized spacial score (nSPS) is 27.0. The predicted molar refractivity (Wildman–Crippen MR) is 64.3 cm³/mol. The Morgan fingerprint density at radius 2 is 1.53 bits per heavy atom. The zero-order chi connectivity index (χ0) is 10.5. The second-order valence-electron chi connectivity index (χ2n) is 5.56. The highest BCUT2D eigenvalue weighted by Crippen LogP contribution is 2.36. The van der Waals surface area contributed by atoms with Crippen molar-refractivity contribution in [2.24, 2.45) is 17.7 Å². The molecular formula is C13H26N2. The van der Waals surface area contributed by atoms with E-state index in [9.17, 15) is 0 Å². The topological polar surface area (TPSA) is 38.0 Å². The number of rotatable bonds is 4. The van der Waals surface area contributed by atoms with Gasteiger partial charge in [0.05, 0.1) is 0 Å². The van der Waals surface area contributed by atoms with E-state index < -0.39 is 0 Å². The standard InChI is InChI=1S/C13H26N2/c14-15-13(10-11-8-9-11)12-6-4-2-1-3-5-7-12/h11-13,15H,1-10,14H2. The highest BCUT2D eigenvalue weighted by molar-refractivity contribution is 4.84. The van der Waals surface area contributed by atoms with Gasteiger partial charge in [0.2, 0.25) is 0 Å². The number of hydrazine groups is 1. The molecule has 0 aromatic rings. The van der Waals surface area contributed by atoms with Crippen LogP contribution in [0.1, 0.15) is 64.2 Å². The average Bonchev–Trinajstić information content (AvgIpc) is 2.98. The fourth-order valence-electron chi connectivity index (χ4n) is 3.00. The van der Waals surface area contributed by atoms with Crippen molar-refractivity contribution in [1.82, 2.24) is 5.43 Å². The zero-order valence-corrected chi connectivity index (χ0v) is 9.88. The van der Waals surface area contributed by atoms with Gasteiger partial charge in [0.1, 0.15) is 0 Å². The summed E-state index contributed by atoms with van der Waals surface area (Å²) in [6.07, 6.45) is 14.2. The minimum atomic E-state index is 0.607. The molecule has 0 aromatic heterocycles. The molecule has 88 valence electrons. The summed E-state index contributed by atoms with van der Waals surface area (Å²) in [4.78, 5) is 0. The van der Waals surface area contributed by atoms with Gasteiger partial charge in [-0.15, -0.1) is 0 Å². The van der Waals surface area contributed by atoms with Gasteiger partial charge in [-0.05, 0) is 31.1 Å². The van der Waals surface area contributed by atoms with Crippen molar-refractivity contribution in [3.63, 3.8) is 0 Å². The monoisotopic (exact) mass is 210 g/mol. The summed E-state index contributed by atoms with van der Waals surface area (Å²) in [5.41, 5.74) is 3.09. The molecule has 2 aliphatic carbocycles. The van der Waals surface area contributed by atoms with Crippen LogP contribution in [0.25, 0.3) is 0 Å². The smallest absolute Gasteiger partial charge is 0.0241 e. The fourth-order valence-corrected chi connectivity index (χ4v) is 3.00. The lowest BCUT2D eigenvalue weighted by Crippen LogP contribution is -2.41. The average molecular weight is 210 g/mol. The van der Waals surface area contributed by atoms with Gasteiger partial charge >= 0.3 is 0 Å². The van der Waals surface area contributed by atoms with Crippen LogP contribution >= 0.6 is 0 Å². The first-order valence-electron chi connectivity index (χ1n) is 6.86. The molecule has 0 amide bonds. The third-order valence-electron chi connectivity index (χ3n) is 4.22. The maximum atomic E-state index is 5.72. The highest BCUT2D eigenvalue weighted by Gasteiger charge is 2.29. The summed E-state index contributed by atoms with van der Waals surface area (Å²) in [6, 6.07) is 0.607. The maximum Gasteiger partial charge on any atom is 0.0241 e. The van der Waals surface area contributed by atoms with Gasteiger partial charge in [-0.25, -0.2) is 0 Å². The highest BCUT2D eigenvalue weighted by atomic mass is 15.2. The molecule has 0 radical (unpaired) electrons. The lowest BCUT2D eigenvalue weighted by Gasteiger charge is -2.28. The molecule has 1 atom stereocenters. The first-order valence-corrected chi connectivity index (χ1v) is 6.86. The Kier molecular flexibility index (Phi) is 4.45. The summed E-state index contributed by atoms with van der Waals surface area (Å²) in [5, 5.41) is 0. The van der Waals surface area contributed by atoms with Crippen molar-refractivity contribution in [2.75, 3.05) is 0 Å². The number of hydrogen-bond donors (Lipinski definition) is 2. The third-order valence-corrected chi connectivity index (χ3v) is 4.22. The minimum Gasteiger partial charge on any atom is -0.271 e. The molecule has 15 heavy (non-hydrogen) atoms. The number of hydrogen-bond acceptors (Lipinski definition) is 2. The van der Waals surface area contributed by atoms with Crippen LogP contribution in [0.2, 0.25) is 0 Å². The van der Waals surface area contributed by atoms with Gasteiger partial charge in [-0.2, -0.15) is 0 Å². The van der Waals surface area contributed by atoms with Crippen molar-refractivity contribution < 1.29 is 0 Å². The SMILES string of the molecule is NNC(CC1CC1)C1CCCCCCC1. The van der Waals surface area contributed by atoms with Crippen LogP contribution in [-0.4, -0.2) is 6.04 Å². The van der Waals surface area contributed by atoms with Crippen LogP contribution in [0.15, 0.2) is 0 Å². The van der Waals surface area contributed by atoms with Crippen molar-refractivity contribution >= 4 is 0 Å². The molecule has 2 saturated carbocycles. The summed E-state index contributed by atoms with van der Waals surface area (Å²) in [7, 11) is 0. The summed E-state index contributed by atoms with van der Waals surface area (Å²) in [6.45, 7) is 0. The Hall–Kier alpha value is -0.0800. The predicted octanol–water partition coefficient (Wildman–Crippen LogP) is 2.98. The zero-order valence-electron chi connectivity index (χ0n) is 9.88. The molecule has 1 unspecified atom stereocenters. The second-order valence-corrected chi connectivity index (χ2v) is 5.56. The molecular weight excluding hydrogens is 184 g/mol. The van der Waals surface area contributed by atoms with Crippen LogP contribution in [0, 0.1) is 11.8 Å². The van der Waals surface area contributed by atoms with Crippen LogP contribution in [0.4, 0.5) is 0 Å². The molecule has 0 heterocycles. The van der Waals surface area contributed by atoms with Gasteiger partial charge < -0.3 is 0 Å². The lowest BCUT2D eigenvalue weighted by atomic mass is 9.84. The first-order chi connectivity index (χ1) is 7.40. The largest absolute Gasteiger partial charge is 0.271 e. The Morgan fingerprint density at radius 1 is 0.933 bits per heavy atom. The molecule has 0 bridgehead atoms. The second kappa shape index (κ2) is 5.86. The van der Waals surface area contributed by atoms with Crippen molar-refractivity contribution in [3.8, 4) is 0 Å².